The van der Waals surface area contributed by atoms with E-state index in [2.05, 4.69) is 81.0 Å². The number of aryl methyl sites for hydroxylation is 4. The lowest BCUT2D eigenvalue weighted by molar-refractivity contribution is 0.0360. The van der Waals surface area contributed by atoms with Gasteiger partial charge in [0.25, 0.3) is 0 Å². The number of ether oxygens (including phenoxy) is 1. The van der Waals surface area contributed by atoms with Crippen molar-refractivity contribution in [2.24, 2.45) is 7.05 Å². The van der Waals surface area contributed by atoms with Gasteiger partial charge in [-0.25, -0.2) is 9.97 Å². The molecule has 0 radical (unpaired) electrons. The normalized spacial score (nSPS) is 15.1. The molecule has 0 amide bonds. The summed E-state index contributed by atoms with van der Waals surface area (Å²) in [5.41, 5.74) is 10.9. The molecule has 5 aromatic rings. The molecule has 4 aromatic heterocycles. The average Bonchev–Trinajstić information content (AvgIpc) is 3.76. The number of nitrogens with zero attached hydrogens (tertiary/aromatic N) is 8. The van der Waals surface area contributed by atoms with Gasteiger partial charge < -0.3 is 9.30 Å². The maximum atomic E-state index is 5.47. The van der Waals surface area contributed by atoms with Crippen molar-refractivity contribution in [3.05, 3.63) is 95.2 Å². The van der Waals surface area contributed by atoms with Gasteiger partial charge in [-0.05, 0) is 48.1 Å². The summed E-state index contributed by atoms with van der Waals surface area (Å²) >= 11 is 0. The van der Waals surface area contributed by atoms with Crippen molar-refractivity contribution in [3.63, 3.8) is 0 Å². The quantitative estimate of drug-likeness (QED) is 0.268. The third-order valence-electron chi connectivity index (χ3n) is 8.57. The monoisotopic (exact) mass is 562 g/mol. The van der Waals surface area contributed by atoms with Crippen LogP contribution in [0.5, 0.6) is 0 Å². The van der Waals surface area contributed by atoms with Gasteiger partial charge in [0.1, 0.15) is 5.82 Å². The molecule has 1 fully saturated rings. The second-order valence-corrected chi connectivity index (χ2v) is 11.4. The molecule has 0 saturated carbocycles. The molecule has 0 N–H and O–H groups in total. The highest BCUT2D eigenvalue weighted by Crippen LogP contribution is 2.37. The lowest BCUT2D eigenvalue weighted by Gasteiger charge is -2.26. The Morgan fingerprint density at radius 3 is 2.64 bits per heavy atom. The molecular weight excluding hydrogens is 524 g/mol. The molecule has 0 bridgehead atoms. The van der Waals surface area contributed by atoms with E-state index in [4.69, 9.17) is 14.7 Å². The van der Waals surface area contributed by atoms with Crippen LogP contribution in [0.25, 0.3) is 22.4 Å². The van der Waals surface area contributed by atoms with Gasteiger partial charge in [0.05, 0.1) is 43.8 Å². The van der Waals surface area contributed by atoms with Gasteiger partial charge >= 0.3 is 0 Å². The number of hydrogen-bond acceptors (Lipinski definition) is 6. The lowest BCUT2D eigenvalue weighted by Crippen LogP contribution is -2.38. The average molecular weight is 563 g/mol. The number of fused-ring (bicyclic) bond motifs is 3. The first-order valence-electron chi connectivity index (χ1n) is 15.1. The Hall–Kier alpha value is -4.08. The molecule has 5 heterocycles. The summed E-state index contributed by atoms with van der Waals surface area (Å²) in [7, 11) is 2.16. The van der Waals surface area contributed by atoms with Gasteiger partial charge in [0.15, 0.2) is 0 Å². The zero-order chi connectivity index (χ0) is 28.5. The van der Waals surface area contributed by atoms with Gasteiger partial charge in [-0.15, -0.1) is 0 Å². The summed E-state index contributed by atoms with van der Waals surface area (Å²) in [5, 5.41) is 9.30. The van der Waals surface area contributed by atoms with Crippen molar-refractivity contribution in [2.75, 3.05) is 32.8 Å². The molecule has 1 saturated heterocycles. The minimum Gasteiger partial charge on any atom is -0.379 e. The smallest absolute Gasteiger partial charge is 0.134 e. The van der Waals surface area contributed by atoms with Crippen molar-refractivity contribution in [2.45, 2.75) is 45.7 Å². The SMILES string of the molecule is CCn1ccc(Cc2ncc3c(n2)-c2c(cn(C)c2Cc2cccc(-c4cnn(CCN5CCOCC5)c4)c2)CC3)n1. The van der Waals surface area contributed by atoms with Crippen molar-refractivity contribution in [1.82, 2.24) is 39.0 Å². The molecule has 9 heteroatoms. The van der Waals surface area contributed by atoms with Crippen LogP contribution in [-0.4, -0.2) is 71.8 Å². The van der Waals surface area contributed by atoms with Crippen molar-refractivity contribution in [3.8, 4) is 22.4 Å². The Bertz CT molecular complexity index is 1690. The summed E-state index contributed by atoms with van der Waals surface area (Å²) < 4.78 is 11.8. The molecular formula is C33H38N8O. The zero-order valence-electron chi connectivity index (χ0n) is 24.5. The van der Waals surface area contributed by atoms with Gasteiger partial charge in [-0.2, -0.15) is 10.2 Å². The minimum absolute atomic E-state index is 0.639. The molecule has 0 unspecified atom stereocenters. The Morgan fingerprint density at radius 1 is 0.905 bits per heavy atom. The first kappa shape index (κ1) is 26.8. The van der Waals surface area contributed by atoms with Crippen LogP contribution in [0.2, 0.25) is 0 Å². The standard InChI is InChI=1S/C33H38N8O/c1-3-40-10-9-29(37-40)19-31-34-20-26-7-8-27-22-38(2)30(32(27)33(26)36-31)18-24-5-4-6-25(17-24)28-21-35-41(23-28)12-11-39-13-15-42-16-14-39/h4-6,9-10,17,20-23H,3,7-8,11-16,18-19H2,1-2H3. The Labute approximate surface area is 246 Å². The van der Waals surface area contributed by atoms with Crippen LogP contribution in [0.1, 0.15) is 40.8 Å². The summed E-state index contributed by atoms with van der Waals surface area (Å²) in [5.74, 6) is 0.824. The van der Waals surface area contributed by atoms with E-state index in [0.717, 1.165) is 88.0 Å². The summed E-state index contributed by atoms with van der Waals surface area (Å²) in [6.45, 7) is 8.50. The summed E-state index contributed by atoms with van der Waals surface area (Å²) in [6.07, 6.45) is 14.0. The van der Waals surface area contributed by atoms with Crippen LogP contribution in [0.3, 0.4) is 0 Å². The second kappa shape index (κ2) is 11.7. The fourth-order valence-electron chi connectivity index (χ4n) is 6.22. The third-order valence-corrected chi connectivity index (χ3v) is 8.57. The van der Waals surface area contributed by atoms with Gasteiger partial charge in [0, 0.05) is 81.3 Å². The van der Waals surface area contributed by atoms with Crippen molar-refractivity contribution >= 4 is 0 Å². The second-order valence-electron chi connectivity index (χ2n) is 11.4. The van der Waals surface area contributed by atoms with Gasteiger partial charge in [-0.1, -0.05) is 24.3 Å². The van der Waals surface area contributed by atoms with Crippen LogP contribution in [-0.2, 0) is 50.6 Å². The molecule has 1 aromatic carbocycles. The highest BCUT2D eigenvalue weighted by Gasteiger charge is 2.25. The number of hydrogen-bond donors (Lipinski definition) is 0. The molecule has 0 spiro atoms. The van der Waals surface area contributed by atoms with Crippen molar-refractivity contribution < 1.29 is 4.74 Å². The van der Waals surface area contributed by atoms with E-state index < -0.39 is 0 Å². The predicted octanol–water partition coefficient (Wildman–Crippen LogP) is 4.17. The van der Waals surface area contributed by atoms with E-state index in [-0.39, 0.29) is 0 Å². The van der Waals surface area contributed by atoms with Crippen LogP contribution < -0.4 is 0 Å². The maximum absolute atomic E-state index is 5.47. The maximum Gasteiger partial charge on any atom is 0.134 e. The number of aromatic nitrogens is 7. The van der Waals surface area contributed by atoms with Crippen LogP contribution in [0, 0.1) is 0 Å². The fourth-order valence-corrected chi connectivity index (χ4v) is 6.22. The van der Waals surface area contributed by atoms with Gasteiger partial charge in [-0.3, -0.25) is 14.3 Å². The first-order valence-corrected chi connectivity index (χ1v) is 15.1. The zero-order valence-corrected chi connectivity index (χ0v) is 24.5. The fraction of sp³-hybridized carbons (Fsp3) is 0.394. The molecule has 1 aliphatic carbocycles. The number of rotatable bonds is 9. The Morgan fingerprint density at radius 2 is 1.79 bits per heavy atom. The highest BCUT2D eigenvalue weighted by molar-refractivity contribution is 5.73. The molecule has 1 aliphatic heterocycles. The molecule has 0 atom stereocenters. The van der Waals surface area contributed by atoms with E-state index in [0.29, 0.717) is 6.42 Å². The highest BCUT2D eigenvalue weighted by atomic mass is 16.5. The largest absolute Gasteiger partial charge is 0.379 e. The topological polar surface area (TPSA) is 78.8 Å². The van der Waals surface area contributed by atoms with E-state index in [1.807, 2.05) is 23.3 Å². The van der Waals surface area contributed by atoms with Crippen molar-refractivity contribution in [1.29, 1.82) is 0 Å². The van der Waals surface area contributed by atoms with E-state index >= 15 is 0 Å². The minimum atomic E-state index is 0.639. The lowest BCUT2D eigenvalue weighted by atomic mass is 9.90. The first-order chi connectivity index (χ1) is 20.6. The van der Waals surface area contributed by atoms with E-state index in [9.17, 15) is 0 Å². The molecule has 9 nitrogen and oxygen atoms in total. The van der Waals surface area contributed by atoms with E-state index in [1.165, 1.54) is 33.5 Å². The Kier molecular flexibility index (Phi) is 7.44. The molecule has 2 aliphatic rings. The summed E-state index contributed by atoms with van der Waals surface area (Å²) in [6, 6.07) is 10.9. The van der Waals surface area contributed by atoms with Crippen LogP contribution >= 0.6 is 0 Å². The number of benzene rings is 1. The Balaban J connectivity index is 1.12. The summed E-state index contributed by atoms with van der Waals surface area (Å²) in [4.78, 5) is 12.3. The molecule has 7 rings (SSSR count). The number of morpholine rings is 1. The predicted molar refractivity (Wildman–Crippen MR) is 162 cm³/mol. The van der Waals surface area contributed by atoms with E-state index in [1.54, 1.807) is 0 Å². The third kappa shape index (κ3) is 5.54. The molecule has 42 heavy (non-hydrogen) atoms. The van der Waals surface area contributed by atoms with Gasteiger partial charge in [0.2, 0.25) is 0 Å². The van der Waals surface area contributed by atoms with Crippen LogP contribution in [0.15, 0.2) is 61.3 Å². The molecule has 216 valence electrons. The van der Waals surface area contributed by atoms with Crippen LogP contribution in [0.4, 0.5) is 0 Å².